The molecule has 1 saturated heterocycles. The van der Waals surface area contributed by atoms with E-state index in [4.69, 9.17) is 0 Å². The lowest BCUT2D eigenvalue weighted by Gasteiger charge is -2.37. The zero-order valence-electron chi connectivity index (χ0n) is 9.43. The molecule has 1 fully saturated rings. The molecule has 0 bridgehead atoms. The summed E-state index contributed by atoms with van der Waals surface area (Å²) in [4.78, 5) is 0. The first-order chi connectivity index (χ1) is 6.77. The third-order valence-corrected chi connectivity index (χ3v) is 3.02. The summed E-state index contributed by atoms with van der Waals surface area (Å²) in [5.41, 5.74) is 0. The summed E-state index contributed by atoms with van der Waals surface area (Å²) < 4.78 is 0.00772. The summed E-state index contributed by atoms with van der Waals surface area (Å²) in [6, 6.07) is 0. The van der Waals surface area contributed by atoms with Crippen LogP contribution >= 0.6 is 0 Å². The standard InChI is InChI=1S/C11H24N2O/c1-2-3-4-5-6-7-9-13(14)10-8-12-11-13/h12H,2-11H2,1H3. The van der Waals surface area contributed by atoms with Crippen LogP contribution in [0.15, 0.2) is 0 Å². The highest BCUT2D eigenvalue weighted by Crippen LogP contribution is 2.11. The van der Waals surface area contributed by atoms with Gasteiger partial charge in [0.1, 0.15) is 6.67 Å². The molecule has 3 nitrogen and oxygen atoms in total. The predicted molar refractivity (Wildman–Crippen MR) is 59.6 cm³/mol. The van der Waals surface area contributed by atoms with E-state index in [1.807, 2.05) is 0 Å². The van der Waals surface area contributed by atoms with E-state index in [2.05, 4.69) is 12.2 Å². The van der Waals surface area contributed by atoms with Crippen molar-refractivity contribution in [3.63, 3.8) is 0 Å². The zero-order chi connectivity index (χ0) is 10.3. The molecule has 0 aliphatic carbocycles. The Kier molecular flexibility index (Phi) is 5.45. The van der Waals surface area contributed by atoms with Crippen molar-refractivity contribution in [1.29, 1.82) is 0 Å². The van der Waals surface area contributed by atoms with E-state index in [1.54, 1.807) is 0 Å². The lowest BCUT2D eigenvalue weighted by Crippen LogP contribution is -2.41. The molecule has 0 saturated carbocycles. The summed E-state index contributed by atoms with van der Waals surface area (Å²) in [7, 11) is 0. The van der Waals surface area contributed by atoms with Gasteiger partial charge in [-0.3, -0.25) is 5.32 Å². The molecule has 3 heteroatoms. The average Bonchev–Trinajstić information content (AvgIpc) is 2.59. The summed E-state index contributed by atoms with van der Waals surface area (Å²) in [6.45, 7) is 5.36. The molecule has 0 aromatic carbocycles. The Morgan fingerprint density at radius 2 is 1.86 bits per heavy atom. The van der Waals surface area contributed by atoms with Crippen LogP contribution in [0.5, 0.6) is 0 Å². The van der Waals surface area contributed by atoms with Gasteiger partial charge in [0, 0.05) is 0 Å². The Morgan fingerprint density at radius 1 is 1.14 bits per heavy atom. The van der Waals surface area contributed by atoms with Crippen LogP contribution in [-0.4, -0.2) is 30.9 Å². The third-order valence-electron chi connectivity index (χ3n) is 3.02. The molecule has 14 heavy (non-hydrogen) atoms. The Balaban J connectivity index is 1.92. The fourth-order valence-corrected chi connectivity index (χ4v) is 2.02. The Morgan fingerprint density at radius 3 is 2.50 bits per heavy atom. The maximum atomic E-state index is 11.9. The quantitative estimate of drug-likeness (QED) is 0.388. The van der Waals surface area contributed by atoms with Crippen LogP contribution < -0.4 is 5.32 Å². The number of hydrogen-bond donors (Lipinski definition) is 1. The predicted octanol–water partition coefficient (Wildman–Crippen LogP) is 2.22. The van der Waals surface area contributed by atoms with Gasteiger partial charge in [-0.1, -0.05) is 32.6 Å². The van der Waals surface area contributed by atoms with Gasteiger partial charge < -0.3 is 9.85 Å². The molecule has 0 aromatic heterocycles. The Bertz CT molecular complexity index is 144. The van der Waals surface area contributed by atoms with E-state index < -0.39 is 0 Å². The van der Waals surface area contributed by atoms with E-state index in [0.717, 1.165) is 26.1 Å². The van der Waals surface area contributed by atoms with Crippen LogP contribution in [0.1, 0.15) is 45.4 Å². The second kappa shape index (κ2) is 6.38. The van der Waals surface area contributed by atoms with E-state index in [1.165, 1.54) is 32.1 Å². The fraction of sp³-hybridized carbons (Fsp3) is 1.00. The lowest BCUT2D eigenvalue weighted by molar-refractivity contribution is -0.869. The molecule has 1 heterocycles. The van der Waals surface area contributed by atoms with Crippen LogP contribution in [0.25, 0.3) is 0 Å². The topological polar surface area (TPSA) is 35.1 Å². The van der Waals surface area contributed by atoms with Gasteiger partial charge in [-0.15, -0.1) is 0 Å². The van der Waals surface area contributed by atoms with Crippen molar-refractivity contribution >= 4 is 0 Å². The molecule has 1 aliphatic heterocycles. The first-order valence-electron chi connectivity index (χ1n) is 6.05. The minimum absolute atomic E-state index is 0.00772. The molecule has 1 unspecified atom stereocenters. The second-order valence-corrected chi connectivity index (χ2v) is 4.43. The SMILES string of the molecule is CCCCCCCC[N+]1([O-])CCNC1. The van der Waals surface area contributed by atoms with Crippen molar-refractivity contribution in [1.82, 2.24) is 5.32 Å². The molecular weight excluding hydrogens is 176 g/mol. The number of nitrogens with one attached hydrogen (secondary N) is 1. The van der Waals surface area contributed by atoms with Gasteiger partial charge in [-0.05, 0) is 12.8 Å². The molecule has 0 radical (unpaired) electrons. The molecule has 1 N–H and O–H groups in total. The zero-order valence-corrected chi connectivity index (χ0v) is 9.43. The largest absolute Gasteiger partial charge is 0.632 e. The minimum Gasteiger partial charge on any atom is -0.632 e. The van der Waals surface area contributed by atoms with E-state index in [9.17, 15) is 5.21 Å². The van der Waals surface area contributed by atoms with Gasteiger partial charge >= 0.3 is 0 Å². The van der Waals surface area contributed by atoms with Crippen LogP contribution in [0.4, 0.5) is 0 Å². The molecule has 1 atom stereocenters. The smallest absolute Gasteiger partial charge is 0.132 e. The number of unbranched alkanes of at least 4 members (excludes halogenated alkanes) is 5. The van der Waals surface area contributed by atoms with Gasteiger partial charge in [-0.25, -0.2) is 0 Å². The summed E-state index contributed by atoms with van der Waals surface area (Å²) in [6.07, 6.45) is 7.64. The average molecular weight is 200 g/mol. The minimum atomic E-state index is 0.00772. The molecule has 1 rings (SSSR count). The monoisotopic (exact) mass is 200 g/mol. The van der Waals surface area contributed by atoms with Crippen molar-refractivity contribution < 1.29 is 4.65 Å². The fourth-order valence-electron chi connectivity index (χ4n) is 2.02. The van der Waals surface area contributed by atoms with Crippen molar-refractivity contribution in [3.05, 3.63) is 5.21 Å². The molecule has 84 valence electrons. The van der Waals surface area contributed by atoms with Crippen LogP contribution in [0.2, 0.25) is 0 Å². The maximum absolute atomic E-state index is 11.9. The highest BCUT2D eigenvalue weighted by atomic mass is 16.5. The molecule has 1 aliphatic rings. The molecular formula is C11H24N2O. The lowest BCUT2D eigenvalue weighted by atomic mass is 10.1. The van der Waals surface area contributed by atoms with Crippen molar-refractivity contribution in [3.8, 4) is 0 Å². The highest BCUT2D eigenvalue weighted by molar-refractivity contribution is 4.55. The van der Waals surface area contributed by atoms with Gasteiger partial charge in [0.25, 0.3) is 0 Å². The first kappa shape index (κ1) is 12.0. The van der Waals surface area contributed by atoms with Crippen molar-refractivity contribution in [2.24, 2.45) is 0 Å². The Hall–Kier alpha value is -0.120. The maximum Gasteiger partial charge on any atom is 0.132 e. The third kappa shape index (κ3) is 4.40. The number of quaternary nitrogens is 1. The van der Waals surface area contributed by atoms with Crippen molar-refractivity contribution in [2.75, 3.05) is 26.3 Å². The van der Waals surface area contributed by atoms with E-state index in [0.29, 0.717) is 6.67 Å². The van der Waals surface area contributed by atoms with Crippen molar-refractivity contribution in [2.45, 2.75) is 45.4 Å². The summed E-state index contributed by atoms with van der Waals surface area (Å²) in [5, 5.41) is 15.0. The van der Waals surface area contributed by atoms with Crippen LogP contribution in [0, 0.1) is 5.21 Å². The van der Waals surface area contributed by atoms with Crippen LogP contribution in [0.3, 0.4) is 0 Å². The normalized spacial score (nSPS) is 27.0. The number of hydrogen-bond acceptors (Lipinski definition) is 2. The van der Waals surface area contributed by atoms with Gasteiger partial charge in [0.2, 0.25) is 0 Å². The molecule has 0 aromatic rings. The highest BCUT2D eigenvalue weighted by Gasteiger charge is 2.20. The second-order valence-electron chi connectivity index (χ2n) is 4.43. The van der Waals surface area contributed by atoms with Gasteiger partial charge in [-0.2, -0.15) is 0 Å². The number of nitrogens with zero attached hydrogens (tertiary/aromatic N) is 1. The molecule has 0 spiro atoms. The number of hydroxylamine groups is 3. The van der Waals surface area contributed by atoms with E-state index in [-0.39, 0.29) is 4.65 Å². The number of rotatable bonds is 7. The van der Waals surface area contributed by atoms with E-state index >= 15 is 0 Å². The Labute approximate surface area is 87.7 Å². The first-order valence-corrected chi connectivity index (χ1v) is 6.05. The summed E-state index contributed by atoms with van der Waals surface area (Å²) in [5.74, 6) is 0. The van der Waals surface area contributed by atoms with Gasteiger partial charge in [0.05, 0.1) is 19.6 Å². The van der Waals surface area contributed by atoms with Gasteiger partial charge in [0.15, 0.2) is 0 Å². The van der Waals surface area contributed by atoms with Crippen LogP contribution in [-0.2, 0) is 0 Å². The summed E-state index contributed by atoms with van der Waals surface area (Å²) >= 11 is 0. The molecule has 0 amide bonds.